The third-order valence-corrected chi connectivity index (χ3v) is 1.31. The molecule has 4 nitrogen and oxygen atoms in total. The lowest BCUT2D eigenvalue weighted by atomic mass is 10.5. The average molecular weight is 151 g/mol. The van der Waals surface area contributed by atoms with Gasteiger partial charge in [-0.3, -0.25) is 0 Å². The van der Waals surface area contributed by atoms with Gasteiger partial charge in [-0.25, -0.2) is 4.98 Å². The molecule has 0 saturated carbocycles. The highest BCUT2D eigenvalue weighted by Gasteiger charge is 2.08. The molecule has 0 radical (unpaired) electrons. The van der Waals surface area contributed by atoms with Crippen LogP contribution in [0.4, 0.5) is 5.88 Å². The molecule has 0 saturated heterocycles. The van der Waals surface area contributed by atoms with Crippen molar-refractivity contribution in [2.75, 3.05) is 12.4 Å². The molecular weight excluding hydrogens is 142 g/mol. The van der Waals surface area contributed by atoms with Gasteiger partial charge in [0.05, 0.1) is 0 Å². The lowest BCUT2D eigenvalue weighted by Gasteiger charge is -1.89. The Morgan fingerprint density at radius 2 is 2.45 bits per heavy atom. The van der Waals surface area contributed by atoms with Crippen LogP contribution in [0.5, 0.6) is 0 Å². The standard InChI is InChI=1S/C7H9N3O/c1-3-6-10-5(4-8)7(9-2)11-6/h9H,3H2,1-2H3. The van der Waals surface area contributed by atoms with E-state index >= 15 is 0 Å². The molecule has 0 aliphatic carbocycles. The van der Waals surface area contributed by atoms with Crippen LogP contribution in [0.15, 0.2) is 4.42 Å². The smallest absolute Gasteiger partial charge is 0.231 e. The van der Waals surface area contributed by atoms with E-state index in [9.17, 15) is 0 Å². The zero-order valence-corrected chi connectivity index (χ0v) is 6.51. The normalized spacial score (nSPS) is 9.18. The Balaban J connectivity index is 3.05. The number of oxazole rings is 1. The maximum absolute atomic E-state index is 8.55. The molecule has 1 rings (SSSR count). The van der Waals surface area contributed by atoms with E-state index in [4.69, 9.17) is 9.68 Å². The summed E-state index contributed by atoms with van der Waals surface area (Å²) in [6, 6.07) is 1.93. The van der Waals surface area contributed by atoms with Gasteiger partial charge in [-0.1, -0.05) is 6.92 Å². The molecule has 0 atom stereocenters. The summed E-state index contributed by atoms with van der Waals surface area (Å²) in [5.74, 6) is 1.04. The summed E-state index contributed by atoms with van der Waals surface area (Å²) in [6.45, 7) is 1.92. The Morgan fingerprint density at radius 1 is 1.73 bits per heavy atom. The lowest BCUT2D eigenvalue weighted by Crippen LogP contribution is -1.87. The van der Waals surface area contributed by atoms with E-state index in [1.165, 1.54) is 0 Å². The molecule has 0 spiro atoms. The van der Waals surface area contributed by atoms with Crippen LogP contribution in [0.2, 0.25) is 0 Å². The quantitative estimate of drug-likeness (QED) is 0.688. The second kappa shape index (κ2) is 3.06. The van der Waals surface area contributed by atoms with E-state index in [1.54, 1.807) is 7.05 Å². The molecule has 0 aromatic carbocycles. The van der Waals surface area contributed by atoms with Crippen LogP contribution in [0, 0.1) is 11.3 Å². The number of hydrogen-bond acceptors (Lipinski definition) is 4. The largest absolute Gasteiger partial charge is 0.424 e. The van der Waals surface area contributed by atoms with E-state index in [-0.39, 0.29) is 0 Å². The number of anilines is 1. The van der Waals surface area contributed by atoms with Crippen molar-refractivity contribution in [1.82, 2.24) is 4.98 Å². The van der Waals surface area contributed by atoms with Gasteiger partial charge in [-0.15, -0.1) is 0 Å². The second-order valence-corrected chi connectivity index (χ2v) is 2.00. The molecule has 0 fully saturated rings. The molecular formula is C7H9N3O. The van der Waals surface area contributed by atoms with Gasteiger partial charge < -0.3 is 9.73 Å². The van der Waals surface area contributed by atoms with Crippen LogP contribution in [-0.4, -0.2) is 12.0 Å². The third-order valence-electron chi connectivity index (χ3n) is 1.31. The molecule has 58 valence electrons. The first kappa shape index (κ1) is 7.61. The van der Waals surface area contributed by atoms with Crippen molar-refractivity contribution in [2.45, 2.75) is 13.3 Å². The number of nitrogens with one attached hydrogen (secondary N) is 1. The maximum atomic E-state index is 8.55. The Kier molecular flexibility index (Phi) is 2.12. The fraction of sp³-hybridized carbons (Fsp3) is 0.429. The van der Waals surface area contributed by atoms with Crippen molar-refractivity contribution >= 4 is 5.88 Å². The number of nitriles is 1. The summed E-state index contributed by atoms with van der Waals surface area (Å²) in [6.07, 6.45) is 0.705. The Hall–Kier alpha value is -1.50. The fourth-order valence-corrected chi connectivity index (χ4v) is 0.761. The van der Waals surface area contributed by atoms with Crippen molar-refractivity contribution in [1.29, 1.82) is 5.26 Å². The van der Waals surface area contributed by atoms with Gasteiger partial charge >= 0.3 is 0 Å². The molecule has 1 aromatic rings. The van der Waals surface area contributed by atoms with E-state index in [1.807, 2.05) is 13.0 Å². The Morgan fingerprint density at radius 3 is 2.82 bits per heavy atom. The van der Waals surface area contributed by atoms with Gasteiger partial charge in [0.2, 0.25) is 11.6 Å². The highest BCUT2D eigenvalue weighted by Crippen LogP contribution is 2.15. The summed E-state index contributed by atoms with van der Waals surface area (Å²) < 4.78 is 5.16. The van der Waals surface area contributed by atoms with Gasteiger partial charge in [-0.2, -0.15) is 5.26 Å². The number of aromatic nitrogens is 1. The van der Waals surface area contributed by atoms with Crippen molar-refractivity contribution in [2.24, 2.45) is 0 Å². The minimum atomic E-state index is 0.323. The maximum Gasteiger partial charge on any atom is 0.231 e. The zero-order valence-electron chi connectivity index (χ0n) is 6.51. The summed E-state index contributed by atoms with van der Waals surface area (Å²) in [4.78, 5) is 3.93. The molecule has 0 unspecified atom stereocenters. The zero-order chi connectivity index (χ0) is 8.27. The van der Waals surface area contributed by atoms with Gasteiger partial charge in [0.15, 0.2) is 5.89 Å². The van der Waals surface area contributed by atoms with Gasteiger partial charge in [0, 0.05) is 13.5 Å². The van der Waals surface area contributed by atoms with Gasteiger partial charge in [-0.05, 0) is 0 Å². The first-order valence-electron chi connectivity index (χ1n) is 3.39. The number of hydrogen-bond donors (Lipinski definition) is 1. The molecule has 0 aliphatic heterocycles. The van der Waals surface area contributed by atoms with Crippen molar-refractivity contribution in [3.05, 3.63) is 11.6 Å². The summed E-state index contributed by atoms with van der Waals surface area (Å²) in [5, 5.41) is 11.3. The highest BCUT2D eigenvalue weighted by atomic mass is 16.4. The molecule has 0 bridgehead atoms. The molecule has 0 aliphatic rings. The van der Waals surface area contributed by atoms with Crippen LogP contribution < -0.4 is 5.32 Å². The minimum Gasteiger partial charge on any atom is -0.424 e. The lowest BCUT2D eigenvalue weighted by molar-refractivity contribution is 0.515. The van der Waals surface area contributed by atoms with Crippen molar-refractivity contribution < 1.29 is 4.42 Å². The summed E-state index contributed by atoms with van der Waals surface area (Å²) in [5.41, 5.74) is 0.323. The molecule has 1 N–H and O–H groups in total. The average Bonchev–Trinajstić information content (AvgIpc) is 2.46. The van der Waals surface area contributed by atoms with E-state index < -0.39 is 0 Å². The van der Waals surface area contributed by atoms with Crippen LogP contribution in [0.25, 0.3) is 0 Å². The number of nitrogens with zero attached hydrogens (tertiary/aromatic N) is 2. The first-order valence-corrected chi connectivity index (χ1v) is 3.39. The van der Waals surface area contributed by atoms with Crippen LogP contribution in [0.1, 0.15) is 18.5 Å². The predicted molar refractivity (Wildman–Crippen MR) is 40.1 cm³/mol. The van der Waals surface area contributed by atoms with Crippen molar-refractivity contribution in [3.8, 4) is 6.07 Å². The van der Waals surface area contributed by atoms with Crippen LogP contribution in [-0.2, 0) is 6.42 Å². The minimum absolute atomic E-state index is 0.323. The van der Waals surface area contributed by atoms with E-state index in [0.29, 0.717) is 23.9 Å². The summed E-state index contributed by atoms with van der Waals surface area (Å²) in [7, 11) is 1.70. The molecule has 1 aromatic heterocycles. The Labute approximate surface area is 64.8 Å². The van der Waals surface area contributed by atoms with Crippen molar-refractivity contribution in [3.63, 3.8) is 0 Å². The first-order chi connectivity index (χ1) is 5.31. The number of aryl methyl sites for hydroxylation is 1. The topological polar surface area (TPSA) is 61.9 Å². The van der Waals surface area contributed by atoms with Crippen LogP contribution >= 0.6 is 0 Å². The van der Waals surface area contributed by atoms with Gasteiger partial charge in [0.25, 0.3) is 0 Å². The third kappa shape index (κ3) is 1.32. The molecule has 1 heterocycles. The van der Waals surface area contributed by atoms with Gasteiger partial charge in [0.1, 0.15) is 6.07 Å². The SMILES string of the molecule is CCc1nc(C#N)c(NC)o1. The molecule has 11 heavy (non-hydrogen) atoms. The molecule has 0 amide bonds. The monoisotopic (exact) mass is 151 g/mol. The molecule has 4 heteroatoms. The predicted octanol–water partition coefficient (Wildman–Crippen LogP) is 1.15. The van der Waals surface area contributed by atoms with E-state index in [2.05, 4.69) is 10.3 Å². The fourth-order valence-electron chi connectivity index (χ4n) is 0.761. The number of rotatable bonds is 2. The highest BCUT2D eigenvalue weighted by molar-refractivity contribution is 5.44. The summed E-state index contributed by atoms with van der Waals surface area (Å²) >= 11 is 0. The van der Waals surface area contributed by atoms with Crippen LogP contribution in [0.3, 0.4) is 0 Å². The van der Waals surface area contributed by atoms with E-state index in [0.717, 1.165) is 0 Å². The second-order valence-electron chi connectivity index (χ2n) is 2.00. The Bertz CT molecular complexity index is 284.